The molecule has 0 spiro atoms. The predicted octanol–water partition coefficient (Wildman–Crippen LogP) is 4.94. The minimum absolute atomic E-state index is 0.0432. The summed E-state index contributed by atoms with van der Waals surface area (Å²) in [4.78, 5) is 12.3. The Balaban J connectivity index is 2.56. The Kier molecular flexibility index (Phi) is 7.00. The molecular weight excluding hydrogens is 361 g/mol. The van der Waals surface area contributed by atoms with Crippen molar-refractivity contribution in [2.75, 3.05) is 6.54 Å². The van der Waals surface area contributed by atoms with Crippen LogP contribution in [0, 0.1) is 15.9 Å². The summed E-state index contributed by atoms with van der Waals surface area (Å²) in [5, 5.41) is 3.09. The van der Waals surface area contributed by atoms with Crippen molar-refractivity contribution in [3.8, 4) is 0 Å². The van der Waals surface area contributed by atoms with Gasteiger partial charge in [-0.2, -0.15) is 0 Å². The lowest BCUT2D eigenvalue weighted by atomic mass is 9.87. The Labute approximate surface area is 136 Å². The minimum atomic E-state index is 0.0432. The monoisotopic (exact) mass is 387 g/mol. The zero-order valence-corrected chi connectivity index (χ0v) is 15.2. The molecule has 1 amide bonds. The number of hydrogen-bond acceptors (Lipinski definition) is 1. The molecule has 0 aliphatic carbocycles. The van der Waals surface area contributed by atoms with Crippen molar-refractivity contribution in [3.05, 3.63) is 32.9 Å². The number of benzene rings is 1. The van der Waals surface area contributed by atoms with Crippen LogP contribution in [0.3, 0.4) is 0 Å². The molecule has 112 valence electrons. The largest absolute Gasteiger partial charge is 0.351 e. The first-order valence-corrected chi connectivity index (χ1v) is 8.48. The molecule has 3 heteroatoms. The molecule has 0 aliphatic rings. The molecule has 0 unspecified atom stereocenters. The second-order valence-electron chi connectivity index (χ2n) is 6.24. The van der Waals surface area contributed by atoms with E-state index in [1.807, 2.05) is 25.1 Å². The van der Waals surface area contributed by atoms with E-state index in [1.54, 1.807) is 0 Å². The highest BCUT2D eigenvalue weighted by atomic mass is 127. The summed E-state index contributed by atoms with van der Waals surface area (Å²) in [6, 6.07) is 5.88. The fraction of sp³-hybridized carbons (Fsp3) is 0.588. The van der Waals surface area contributed by atoms with Crippen LogP contribution in [0.4, 0.5) is 0 Å². The Morgan fingerprint density at radius 3 is 2.65 bits per heavy atom. The zero-order valence-electron chi connectivity index (χ0n) is 13.1. The standard InChI is InChI=1S/C17H26INO/c1-5-6-7-11-17(3,4)12-19-16(20)14-10-8-9-13(2)15(14)18/h8-10H,5-7,11-12H2,1-4H3,(H,19,20). The molecule has 1 N–H and O–H groups in total. The van der Waals surface area contributed by atoms with Gasteiger partial charge in [-0.3, -0.25) is 4.79 Å². The van der Waals surface area contributed by atoms with E-state index >= 15 is 0 Å². The van der Waals surface area contributed by atoms with Gasteiger partial charge < -0.3 is 5.32 Å². The third kappa shape index (κ3) is 5.43. The van der Waals surface area contributed by atoms with Crippen LogP contribution in [0.5, 0.6) is 0 Å². The Morgan fingerprint density at radius 1 is 1.30 bits per heavy atom. The average Bonchev–Trinajstić information content (AvgIpc) is 2.39. The number of halogens is 1. The molecule has 1 aromatic carbocycles. The number of rotatable bonds is 7. The maximum absolute atomic E-state index is 12.3. The number of unbranched alkanes of at least 4 members (excludes halogenated alkanes) is 2. The van der Waals surface area contributed by atoms with E-state index < -0.39 is 0 Å². The summed E-state index contributed by atoms with van der Waals surface area (Å²) in [5.74, 6) is 0.0432. The van der Waals surface area contributed by atoms with Gasteiger partial charge in [0.15, 0.2) is 0 Å². The van der Waals surface area contributed by atoms with Crippen LogP contribution in [-0.2, 0) is 0 Å². The molecule has 0 bridgehead atoms. The van der Waals surface area contributed by atoms with Gasteiger partial charge in [0, 0.05) is 10.1 Å². The van der Waals surface area contributed by atoms with Crippen LogP contribution < -0.4 is 5.32 Å². The van der Waals surface area contributed by atoms with Gasteiger partial charge in [-0.15, -0.1) is 0 Å². The second kappa shape index (κ2) is 8.01. The molecule has 0 saturated heterocycles. The number of carbonyl (C=O) groups excluding carboxylic acids is 1. The first-order valence-electron chi connectivity index (χ1n) is 7.40. The van der Waals surface area contributed by atoms with Crippen LogP contribution >= 0.6 is 22.6 Å². The topological polar surface area (TPSA) is 29.1 Å². The number of amides is 1. The van der Waals surface area contributed by atoms with Crippen LogP contribution in [-0.4, -0.2) is 12.5 Å². The third-order valence-corrected chi connectivity index (χ3v) is 5.05. The molecule has 0 atom stereocenters. The first-order chi connectivity index (χ1) is 9.37. The summed E-state index contributed by atoms with van der Waals surface area (Å²) >= 11 is 2.25. The number of carbonyl (C=O) groups is 1. The number of aryl methyl sites for hydroxylation is 1. The molecule has 0 aliphatic heterocycles. The van der Waals surface area contributed by atoms with E-state index in [0.717, 1.165) is 27.7 Å². The minimum Gasteiger partial charge on any atom is -0.351 e. The molecule has 1 aromatic rings. The van der Waals surface area contributed by atoms with E-state index in [-0.39, 0.29) is 11.3 Å². The SMILES string of the molecule is CCCCCC(C)(C)CNC(=O)c1cccc(C)c1I. The van der Waals surface area contributed by atoms with Crippen molar-refractivity contribution in [1.82, 2.24) is 5.32 Å². The molecule has 0 aromatic heterocycles. The second-order valence-corrected chi connectivity index (χ2v) is 7.32. The zero-order chi connectivity index (χ0) is 15.2. The lowest BCUT2D eigenvalue weighted by Crippen LogP contribution is -2.34. The molecule has 0 radical (unpaired) electrons. The van der Waals surface area contributed by atoms with E-state index in [2.05, 4.69) is 48.7 Å². The van der Waals surface area contributed by atoms with Gasteiger partial charge in [0.1, 0.15) is 0 Å². The maximum Gasteiger partial charge on any atom is 0.252 e. The highest BCUT2D eigenvalue weighted by molar-refractivity contribution is 14.1. The van der Waals surface area contributed by atoms with Crippen LogP contribution in [0.1, 0.15) is 62.4 Å². The van der Waals surface area contributed by atoms with Gasteiger partial charge >= 0.3 is 0 Å². The lowest BCUT2D eigenvalue weighted by molar-refractivity contribution is 0.0933. The predicted molar refractivity (Wildman–Crippen MR) is 94.2 cm³/mol. The van der Waals surface area contributed by atoms with Crippen molar-refractivity contribution < 1.29 is 4.79 Å². The van der Waals surface area contributed by atoms with Crippen molar-refractivity contribution in [3.63, 3.8) is 0 Å². The first kappa shape index (κ1) is 17.5. The van der Waals surface area contributed by atoms with E-state index in [9.17, 15) is 4.79 Å². The van der Waals surface area contributed by atoms with E-state index in [1.165, 1.54) is 19.3 Å². The van der Waals surface area contributed by atoms with Crippen molar-refractivity contribution in [2.24, 2.45) is 5.41 Å². The van der Waals surface area contributed by atoms with Gasteiger partial charge in [0.2, 0.25) is 0 Å². The van der Waals surface area contributed by atoms with Gasteiger partial charge in [-0.25, -0.2) is 0 Å². The summed E-state index contributed by atoms with van der Waals surface area (Å²) < 4.78 is 1.05. The van der Waals surface area contributed by atoms with Gasteiger partial charge in [0.25, 0.3) is 5.91 Å². The van der Waals surface area contributed by atoms with Crippen molar-refractivity contribution in [1.29, 1.82) is 0 Å². The highest BCUT2D eigenvalue weighted by Gasteiger charge is 2.19. The van der Waals surface area contributed by atoms with Gasteiger partial charge in [0.05, 0.1) is 5.56 Å². The molecule has 20 heavy (non-hydrogen) atoms. The summed E-state index contributed by atoms with van der Waals surface area (Å²) in [6.45, 7) is 9.44. The number of nitrogens with one attached hydrogen (secondary N) is 1. The summed E-state index contributed by atoms with van der Waals surface area (Å²) in [5.41, 5.74) is 2.11. The average molecular weight is 387 g/mol. The lowest BCUT2D eigenvalue weighted by Gasteiger charge is -2.25. The van der Waals surface area contributed by atoms with Crippen molar-refractivity contribution in [2.45, 2.75) is 53.4 Å². The smallest absolute Gasteiger partial charge is 0.252 e. The molecule has 0 saturated carbocycles. The van der Waals surface area contributed by atoms with E-state index in [4.69, 9.17) is 0 Å². The molecule has 0 fully saturated rings. The molecule has 0 heterocycles. The third-order valence-electron chi connectivity index (χ3n) is 3.62. The Bertz CT molecular complexity index is 454. The summed E-state index contributed by atoms with van der Waals surface area (Å²) in [7, 11) is 0. The van der Waals surface area contributed by atoms with Crippen LogP contribution in [0.2, 0.25) is 0 Å². The number of hydrogen-bond donors (Lipinski definition) is 1. The fourth-order valence-electron chi connectivity index (χ4n) is 2.18. The fourth-order valence-corrected chi connectivity index (χ4v) is 2.78. The quantitative estimate of drug-likeness (QED) is 0.521. The maximum atomic E-state index is 12.3. The molecular formula is C17H26INO. The Hall–Kier alpha value is -0.580. The summed E-state index contributed by atoms with van der Waals surface area (Å²) in [6.07, 6.45) is 4.91. The van der Waals surface area contributed by atoms with Crippen molar-refractivity contribution >= 4 is 28.5 Å². The normalized spacial score (nSPS) is 11.4. The van der Waals surface area contributed by atoms with Crippen LogP contribution in [0.15, 0.2) is 18.2 Å². The highest BCUT2D eigenvalue weighted by Crippen LogP contribution is 2.23. The molecule has 2 nitrogen and oxygen atoms in total. The Morgan fingerprint density at radius 2 is 2.00 bits per heavy atom. The van der Waals surface area contributed by atoms with E-state index in [0.29, 0.717) is 0 Å². The van der Waals surface area contributed by atoms with Crippen LogP contribution in [0.25, 0.3) is 0 Å². The van der Waals surface area contributed by atoms with Gasteiger partial charge in [-0.1, -0.05) is 52.2 Å². The molecule has 1 rings (SSSR count). The van der Waals surface area contributed by atoms with Gasteiger partial charge in [-0.05, 0) is 53.0 Å².